The molecule has 6 heteroatoms. The van der Waals surface area contributed by atoms with E-state index in [1.807, 2.05) is 72.8 Å². The van der Waals surface area contributed by atoms with Gasteiger partial charge in [0.2, 0.25) is 0 Å². The Hall–Kier alpha value is -2.76. The lowest BCUT2D eigenvalue weighted by atomic mass is 10.1. The lowest BCUT2D eigenvalue weighted by Gasteiger charge is -2.27. The molecule has 4 nitrogen and oxygen atoms in total. The molecule has 0 aliphatic rings. The van der Waals surface area contributed by atoms with Crippen LogP contribution in [-0.2, 0) is 13.1 Å². The zero-order chi connectivity index (χ0) is 20.6. The molecule has 3 rings (SSSR count). The number of hydrogen-bond donors (Lipinski definition) is 1. The Morgan fingerprint density at radius 2 is 1.62 bits per heavy atom. The number of anilines is 1. The van der Waals surface area contributed by atoms with E-state index < -0.39 is 0 Å². The lowest BCUT2D eigenvalue weighted by Crippen LogP contribution is -2.34. The fourth-order valence-electron chi connectivity index (χ4n) is 2.89. The van der Waals surface area contributed by atoms with Crippen LogP contribution in [0.1, 0.15) is 11.1 Å². The van der Waals surface area contributed by atoms with E-state index in [-0.39, 0.29) is 0 Å². The molecule has 0 spiro atoms. The molecule has 0 saturated carbocycles. The van der Waals surface area contributed by atoms with Crippen LogP contribution in [-0.4, -0.2) is 24.2 Å². The Balaban J connectivity index is 1.81. The van der Waals surface area contributed by atoms with Crippen LogP contribution in [0.15, 0.2) is 72.8 Å². The van der Waals surface area contributed by atoms with Crippen molar-refractivity contribution >= 4 is 34.6 Å². The van der Waals surface area contributed by atoms with Gasteiger partial charge in [-0.2, -0.15) is 0 Å². The summed E-state index contributed by atoms with van der Waals surface area (Å²) in [5, 5.41) is 4.63. The summed E-state index contributed by atoms with van der Waals surface area (Å²) in [4.78, 5) is 2.08. The number of benzene rings is 3. The van der Waals surface area contributed by atoms with Gasteiger partial charge >= 0.3 is 0 Å². The summed E-state index contributed by atoms with van der Waals surface area (Å²) in [7, 11) is 3.30. The molecular weight excluding hydrogens is 404 g/mol. The van der Waals surface area contributed by atoms with Gasteiger partial charge in [0, 0.05) is 29.9 Å². The molecule has 1 N–H and O–H groups in total. The van der Waals surface area contributed by atoms with Gasteiger partial charge < -0.3 is 19.7 Å². The zero-order valence-electron chi connectivity index (χ0n) is 16.4. The van der Waals surface area contributed by atoms with E-state index in [2.05, 4.69) is 10.2 Å². The molecule has 0 aliphatic carbocycles. The maximum Gasteiger partial charge on any atom is 0.174 e. The predicted octanol–water partition coefficient (Wildman–Crippen LogP) is 5.76. The van der Waals surface area contributed by atoms with Gasteiger partial charge in [-0.15, -0.1) is 0 Å². The summed E-state index contributed by atoms with van der Waals surface area (Å²) in [6, 6.07) is 23.4. The smallest absolute Gasteiger partial charge is 0.174 e. The van der Waals surface area contributed by atoms with E-state index in [0.717, 1.165) is 33.3 Å². The Morgan fingerprint density at radius 1 is 0.897 bits per heavy atom. The minimum absolute atomic E-state index is 0.585. The van der Waals surface area contributed by atoms with Gasteiger partial charge in [-0.3, -0.25) is 0 Å². The number of nitrogens with one attached hydrogen (secondary N) is 1. The maximum atomic E-state index is 6.39. The Morgan fingerprint density at radius 3 is 2.31 bits per heavy atom. The first-order valence-corrected chi connectivity index (χ1v) is 9.94. The second kappa shape index (κ2) is 10.1. The Bertz CT molecular complexity index is 963. The quantitative estimate of drug-likeness (QED) is 0.486. The van der Waals surface area contributed by atoms with Crippen LogP contribution < -0.4 is 14.8 Å². The number of nitrogens with zero attached hydrogens (tertiary/aromatic N) is 1. The van der Waals surface area contributed by atoms with E-state index in [4.69, 9.17) is 33.3 Å². The van der Waals surface area contributed by atoms with Crippen molar-refractivity contribution in [2.75, 3.05) is 19.5 Å². The Kier molecular flexibility index (Phi) is 7.33. The summed E-state index contributed by atoms with van der Waals surface area (Å²) in [5.41, 5.74) is 3.00. The summed E-state index contributed by atoms with van der Waals surface area (Å²) in [6.07, 6.45) is 0. The minimum atomic E-state index is 0.585. The number of halogens is 1. The van der Waals surface area contributed by atoms with Crippen molar-refractivity contribution in [1.29, 1.82) is 0 Å². The molecule has 0 aromatic heterocycles. The third-order valence-corrected chi connectivity index (χ3v) is 5.19. The van der Waals surface area contributed by atoms with Crippen LogP contribution in [0.2, 0.25) is 5.02 Å². The van der Waals surface area contributed by atoms with Gasteiger partial charge in [0.05, 0.1) is 14.2 Å². The van der Waals surface area contributed by atoms with Gasteiger partial charge in [-0.05, 0) is 53.7 Å². The van der Waals surface area contributed by atoms with Gasteiger partial charge in [0.1, 0.15) is 11.5 Å². The first kappa shape index (κ1) is 21.0. The van der Waals surface area contributed by atoms with Crippen molar-refractivity contribution in [3.8, 4) is 11.5 Å². The van der Waals surface area contributed by atoms with Crippen molar-refractivity contribution in [3.05, 3.63) is 88.9 Å². The molecule has 3 aromatic rings. The second-order valence-corrected chi connectivity index (χ2v) is 7.25. The van der Waals surface area contributed by atoms with Crippen LogP contribution in [0.4, 0.5) is 5.69 Å². The molecule has 0 atom stereocenters. The van der Waals surface area contributed by atoms with Crippen molar-refractivity contribution in [2.45, 2.75) is 13.1 Å². The number of methoxy groups -OCH3 is 2. The SMILES string of the molecule is COc1ccc(CN(Cc2ccccc2Cl)C(=S)Nc2cccc(OC)c2)cc1. The highest BCUT2D eigenvalue weighted by Gasteiger charge is 2.14. The van der Waals surface area contributed by atoms with Crippen LogP contribution in [0.3, 0.4) is 0 Å². The normalized spacial score (nSPS) is 10.3. The maximum absolute atomic E-state index is 6.39. The summed E-state index contributed by atoms with van der Waals surface area (Å²) in [5.74, 6) is 1.59. The number of hydrogen-bond acceptors (Lipinski definition) is 3. The second-order valence-electron chi connectivity index (χ2n) is 6.46. The van der Waals surface area contributed by atoms with Crippen molar-refractivity contribution in [3.63, 3.8) is 0 Å². The standard InChI is InChI=1S/C23H23ClN2O2S/c1-27-20-12-10-17(11-13-20)15-26(16-18-6-3-4-9-22(18)24)23(29)25-19-7-5-8-21(14-19)28-2/h3-14H,15-16H2,1-2H3,(H,25,29). The topological polar surface area (TPSA) is 33.7 Å². The minimum Gasteiger partial charge on any atom is -0.497 e. The molecule has 0 bridgehead atoms. The highest BCUT2D eigenvalue weighted by Crippen LogP contribution is 2.22. The molecular formula is C23H23ClN2O2S. The summed E-state index contributed by atoms with van der Waals surface area (Å²) >= 11 is 12.1. The van der Waals surface area contributed by atoms with Crippen LogP contribution in [0.5, 0.6) is 11.5 Å². The van der Waals surface area contributed by atoms with Crippen LogP contribution in [0, 0.1) is 0 Å². The fraction of sp³-hybridized carbons (Fsp3) is 0.174. The zero-order valence-corrected chi connectivity index (χ0v) is 18.0. The molecule has 0 radical (unpaired) electrons. The first-order chi connectivity index (χ1) is 14.1. The molecule has 0 saturated heterocycles. The van der Waals surface area contributed by atoms with E-state index in [9.17, 15) is 0 Å². The molecule has 0 unspecified atom stereocenters. The van der Waals surface area contributed by atoms with Crippen molar-refractivity contribution in [2.24, 2.45) is 0 Å². The first-order valence-electron chi connectivity index (χ1n) is 9.15. The van der Waals surface area contributed by atoms with Crippen molar-refractivity contribution < 1.29 is 9.47 Å². The molecule has 0 aliphatic heterocycles. The van der Waals surface area contributed by atoms with Crippen LogP contribution in [0.25, 0.3) is 0 Å². The van der Waals surface area contributed by atoms with Crippen LogP contribution >= 0.6 is 23.8 Å². The molecule has 0 amide bonds. The third-order valence-electron chi connectivity index (χ3n) is 4.46. The third kappa shape index (κ3) is 5.86. The average molecular weight is 427 g/mol. The van der Waals surface area contributed by atoms with Gasteiger partial charge in [0.25, 0.3) is 0 Å². The van der Waals surface area contributed by atoms with Gasteiger partial charge in [-0.25, -0.2) is 0 Å². The molecule has 3 aromatic carbocycles. The number of ether oxygens (including phenoxy) is 2. The predicted molar refractivity (Wildman–Crippen MR) is 123 cm³/mol. The van der Waals surface area contributed by atoms with Crippen molar-refractivity contribution in [1.82, 2.24) is 4.90 Å². The summed E-state index contributed by atoms with van der Waals surface area (Å²) < 4.78 is 10.6. The molecule has 29 heavy (non-hydrogen) atoms. The number of rotatable bonds is 7. The van der Waals surface area contributed by atoms with Gasteiger partial charge in [-0.1, -0.05) is 48.0 Å². The highest BCUT2D eigenvalue weighted by molar-refractivity contribution is 7.80. The molecule has 150 valence electrons. The van der Waals surface area contributed by atoms with Gasteiger partial charge in [0.15, 0.2) is 5.11 Å². The monoisotopic (exact) mass is 426 g/mol. The largest absolute Gasteiger partial charge is 0.497 e. The Labute approximate surface area is 182 Å². The average Bonchev–Trinajstić information content (AvgIpc) is 2.75. The van der Waals surface area contributed by atoms with E-state index in [0.29, 0.717) is 18.2 Å². The molecule has 0 heterocycles. The van der Waals surface area contributed by atoms with E-state index in [1.165, 1.54) is 0 Å². The highest BCUT2D eigenvalue weighted by atomic mass is 35.5. The van der Waals surface area contributed by atoms with E-state index in [1.54, 1.807) is 14.2 Å². The fourth-order valence-corrected chi connectivity index (χ4v) is 3.33. The summed E-state index contributed by atoms with van der Waals surface area (Å²) in [6.45, 7) is 1.21. The lowest BCUT2D eigenvalue weighted by molar-refractivity contribution is 0.407. The molecule has 0 fully saturated rings. The number of thiocarbonyl (C=S) groups is 1. The van der Waals surface area contributed by atoms with E-state index >= 15 is 0 Å².